The van der Waals surface area contributed by atoms with E-state index >= 15 is 0 Å². The minimum Gasteiger partial charge on any atom is -0.461 e. The zero-order valence-corrected chi connectivity index (χ0v) is 15.7. The van der Waals surface area contributed by atoms with E-state index in [2.05, 4.69) is 0 Å². The summed E-state index contributed by atoms with van der Waals surface area (Å²) in [5, 5.41) is 0. The second kappa shape index (κ2) is 9.15. The predicted molar refractivity (Wildman–Crippen MR) is 86.9 cm³/mol. The average molecular weight is 386 g/mol. The summed E-state index contributed by atoms with van der Waals surface area (Å²) >= 11 is 0. The minimum absolute atomic E-state index is 0.513. The molecular weight excluding hydrogens is 364 g/mol. The zero-order valence-electron chi connectivity index (χ0n) is 15.7. The van der Waals surface area contributed by atoms with Crippen molar-refractivity contribution in [3.8, 4) is 0 Å². The van der Waals surface area contributed by atoms with Crippen molar-refractivity contribution < 1.29 is 47.7 Å². The Bertz CT molecular complexity index is 652. The lowest BCUT2D eigenvalue weighted by molar-refractivity contribution is -0.216. The van der Waals surface area contributed by atoms with Crippen LogP contribution >= 0.6 is 0 Å². The molecule has 0 bridgehead atoms. The van der Waals surface area contributed by atoms with Crippen molar-refractivity contribution in [1.82, 2.24) is 0 Å². The first-order valence-electron chi connectivity index (χ1n) is 8.01. The topological polar surface area (TPSA) is 132 Å². The lowest BCUT2D eigenvalue weighted by Gasteiger charge is -2.43. The van der Waals surface area contributed by atoms with E-state index in [4.69, 9.17) is 23.7 Å². The van der Waals surface area contributed by atoms with Crippen LogP contribution in [0.1, 0.15) is 34.6 Å². The standard InChI is InChI=1S/C17H22O10/c1-9(18)23-8-17(27-13(5)22)7-6-14(24-10(2)19)15(25-11(3)20)16(17)26-12(4)21/h6-7,14-16H,8H2,1-5H3/t14-,15+,16-,17+/m1/s1. The van der Waals surface area contributed by atoms with Crippen LogP contribution in [-0.4, -0.2) is 60.4 Å². The Balaban J connectivity index is 3.47. The smallest absolute Gasteiger partial charge is 0.303 e. The van der Waals surface area contributed by atoms with Gasteiger partial charge in [-0.2, -0.15) is 0 Å². The van der Waals surface area contributed by atoms with Crippen LogP contribution in [0.3, 0.4) is 0 Å². The van der Waals surface area contributed by atoms with E-state index in [1.54, 1.807) is 0 Å². The maximum absolute atomic E-state index is 11.7. The van der Waals surface area contributed by atoms with E-state index in [0.29, 0.717) is 0 Å². The summed E-state index contributed by atoms with van der Waals surface area (Å²) in [4.78, 5) is 57.5. The second-order valence-corrected chi connectivity index (χ2v) is 5.87. The molecule has 1 aliphatic rings. The van der Waals surface area contributed by atoms with Gasteiger partial charge in [0.25, 0.3) is 0 Å². The second-order valence-electron chi connectivity index (χ2n) is 5.87. The van der Waals surface area contributed by atoms with Gasteiger partial charge in [-0.1, -0.05) is 0 Å². The summed E-state index contributed by atoms with van der Waals surface area (Å²) in [6, 6.07) is 0. The van der Waals surface area contributed by atoms with Crippen LogP contribution in [-0.2, 0) is 47.7 Å². The Morgan fingerprint density at radius 1 is 0.778 bits per heavy atom. The van der Waals surface area contributed by atoms with E-state index in [1.807, 2.05) is 0 Å². The monoisotopic (exact) mass is 386 g/mol. The Kier molecular flexibility index (Phi) is 7.50. The van der Waals surface area contributed by atoms with Crippen LogP contribution in [0.25, 0.3) is 0 Å². The van der Waals surface area contributed by atoms with Crippen molar-refractivity contribution in [3.05, 3.63) is 12.2 Å². The molecule has 1 aliphatic carbocycles. The first-order chi connectivity index (χ1) is 12.5. The third-order valence-electron chi connectivity index (χ3n) is 3.40. The first kappa shape index (κ1) is 22.1. The molecule has 27 heavy (non-hydrogen) atoms. The van der Waals surface area contributed by atoms with Crippen LogP contribution in [0, 0.1) is 0 Å². The third-order valence-corrected chi connectivity index (χ3v) is 3.40. The largest absolute Gasteiger partial charge is 0.461 e. The molecule has 0 unspecified atom stereocenters. The van der Waals surface area contributed by atoms with Gasteiger partial charge in [0.05, 0.1) is 0 Å². The van der Waals surface area contributed by atoms with Gasteiger partial charge in [-0.05, 0) is 12.2 Å². The van der Waals surface area contributed by atoms with Gasteiger partial charge in [0, 0.05) is 34.6 Å². The minimum atomic E-state index is -1.78. The molecule has 0 aromatic heterocycles. The van der Waals surface area contributed by atoms with E-state index in [-0.39, 0.29) is 0 Å². The Labute approximate surface area is 155 Å². The van der Waals surface area contributed by atoms with Gasteiger partial charge in [-0.25, -0.2) is 0 Å². The number of hydrogen-bond donors (Lipinski definition) is 0. The molecule has 0 N–H and O–H groups in total. The van der Waals surface area contributed by atoms with Crippen LogP contribution < -0.4 is 0 Å². The normalized spacial score (nSPS) is 26.5. The number of hydrogen-bond acceptors (Lipinski definition) is 10. The molecule has 4 atom stereocenters. The van der Waals surface area contributed by atoms with E-state index < -0.39 is 60.4 Å². The molecule has 0 aromatic rings. The average Bonchev–Trinajstić information content (AvgIpc) is 2.49. The number of rotatable bonds is 6. The summed E-state index contributed by atoms with van der Waals surface area (Å²) in [5.74, 6) is -3.66. The van der Waals surface area contributed by atoms with Crippen LogP contribution in [0.15, 0.2) is 12.2 Å². The highest BCUT2D eigenvalue weighted by atomic mass is 16.6. The molecule has 0 fully saturated rings. The van der Waals surface area contributed by atoms with Crippen molar-refractivity contribution >= 4 is 29.8 Å². The maximum atomic E-state index is 11.7. The van der Waals surface area contributed by atoms with E-state index in [1.165, 1.54) is 12.2 Å². The molecule has 0 saturated heterocycles. The highest BCUT2D eigenvalue weighted by Crippen LogP contribution is 2.34. The maximum Gasteiger partial charge on any atom is 0.303 e. The predicted octanol–water partition coefficient (Wildman–Crippen LogP) is 0.216. The fourth-order valence-electron chi connectivity index (χ4n) is 2.61. The molecule has 10 nitrogen and oxygen atoms in total. The molecule has 0 aliphatic heterocycles. The van der Waals surface area contributed by atoms with Gasteiger partial charge < -0.3 is 23.7 Å². The van der Waals surface area contributed by atoms with Crippen LogP contribution in [0.4, 0.5) is 0 Å². The van der Waals surface area contributed by atoms with Crippen molar-refractivity contribution in [1.29, 1.82) is 0 Å². The van der Waals surface area contributed by atoms with Gasteiger partial charge in [0.15, 0.2) is 18.3 Å². The van der Waals surface area contributed by atoms with Gasteiger partial charge in [-0.3, -0.25) is 24.0 Å². The van der Waals surface area contributed by atoms with Crippen molar-refractivity contribution in [2.45, 2.75) is 58.5 Å². The molecule has 150 valence electrons. The Morgan fingerprint density at radius 3 is 1.78 bits per heavy atom. The van der Waals surface area contributed by atoms with Gasteiger partial charge >= 0.3 is 29.8 Å². The highest BCUT2D eigenvalue weighted by Gasteiger charge is 2.55. The van der Waals surface area contributed by atoms with Crippen LogP contribution in [0.5, 0.6) is 0 Å². The first-order valence-corrected chi connectivity index (χ1v) is 8.01. The van der Waals surface area contributed by atoms with Crippen molar-refractivity contribution in [3.63, 3.8) is 0 Å². The summed E-state index contributed by atoms with van der Waals surface area (Å²) in [5.41, 5.74) is -1.78. The Morgan fingerprint density at radius 2 is 1.33 bits per heavy atom. The van der Waals surface area contributed by atoms with Crippen molar-refractivity contribution in [2.24, 2.45) is 0 Å². The van der Waals surface area contributed by atoms with Gasteiger partial charge in [0.2, 0.25) is 5.60 Å². The molecule has 0 heterocycles. The highest BCUT2D eigenvalue weighted by molar-refractivity contribution is 5.70. The Hall–Kier alpha value is -2.91. The van der Waals surface area contributed by atoms with Crippen molar-refractivity contribution in [2.75, 3.05) is 6.61 Å². The van der Waals surface area contributed by atoms with Crippen LogP contribution in [0.2, 0.25) is 0 Å². The van der Waals surface area contributed by atoms with E-state index in [9.17, 15) is 24.0 Å². The number of carbonyl (C=O) groups is 5. The van der Waals surface area contributed by atoms with E-state index in [0.717, 1.165) is 34.6 Å². The number of carbonyl (C=O) groups excluding carboxylic acids is 5. The lowest BCUT2D eigenvalue weighted by atomic mass is 9.84. The zero-order chi connectivity index (χ0) is 20.8. The third kappa shape index (κ3) is 6.39. The summed E-state index contributed by atoms with van der Waals surface area (Å²) in [6.07, 6.45) is -1.30. The molecule has 0 amide bonds. The molecule has 0 spiro atoms. The number of ether oxygens (including phenoxy) is 5. The SMILES string of the molecule is CC(=O)OC[C@@]1(OC(C)=O)C=C[C@@H](OC(C)=O)[C@H](OC(C)=O)[C@H]1OC(C)=O. The molecule has 0 saturated carbocycles. The molecule has 10 heteroatoms. The van der Waals surface area contributed by atoms with Gasteiger partial charge in [-0.15, -0.1) is 0 Å². The summed E-state index contributed by atoms with van der Waals surface area (Å²) < 4.78 is 25.8. The van der Waals surface area contributed by atoms with Gasteiger partial charge in [0.1, 0.15) is 6.61 Å². The summed E-state index contributed by atoms with van der Waals surface area (Å²) in [6.45, 7) is 5.07. The molecule has 1 rings (SSSR count). The summed E-state index contributed by atoms with van der Waals surface area (Å²) in [7, 11) is 0. The molecule has 0 aromatic carbocycles. The molecule has 0 radical (unpaired) electrons. The quantitative estimate of drug-likeness (QED) is 0.355. The fraction of sp³-hybridized carbons (Fsp3) is 0.588. The molecular formula is C17H22O10. The fourth-order valence-corrected chi connectivity index (χ4v) is 2.61. The number of esters is 5. The lowest BCUT2D eigenvalue weighted by Crippen LogP contribution is -2.62.